The highest BCUT2D eigenvalue weighted by molar-refractivity contribution is 6.29. The number of aromatic nitrogens is 4. The average molecular weight is 283 g/mol. The molecule has 0 aliphatic carbocycles. The van der Waals surface area contributed by atoms with E-state index in [1.165, 1.54) is 6.33 Å². The molecular formula is C11H15ClN6O. The number of β-amino-alcohol motifs (C(OH)–C–C–N with tert-alkyl or cyclic N) is 1. The summed E-state index contributed by atoms with van der Waals surface area (Å²) < 4.78 is 1.70. The number of anilines is 1. The Morgan fingerprint density at radius 3 is 2.79 bits per heavy atom. The van der Waals surface area contributed by atoms with Crippen molar-refractivity contribution in [2.75, 3.05) is 44.2 Å². The Morgan fingerprint density at radius 2 is 2.05 bits per heavy atom. The van der Waals surface area contributed by atoms with Gasteiger partial charge in [-0.15, -0.1) is 0 Å². The maximum Gasteiger partial charge on any atom is 0.255 e. The van der Waals surface area contributed by atoms with Crippen LogP contribution in [0.25, 0.3) is 5.78 Å². The largest absolute Gasteiger partial charge is 0.395 e. The van der Waals surface area contributed by atoms with Crippen LogP contribution in [0.5, 0.6) is 0 Å². The SMILES string of the molecule is OCCN1CCN(c2cc(Cl)nc3ncnn23)CC1. The molecule has 7 nitrogen and oxygen atoms in total. The predicted molar refractivity (Wildman–Crippen MR) is 71.5 cm³/mol. The molecule has 8 heteroatoms. The van der Waals surface area contributed by atoms with E-state index < -0.39 is 0 Å². The highest BCUT2D eigenvalue weighted by Crippen LogP contribution is 2.20. The Morgan fingerprint density at radius 1 is 1.26 bits per heavy atom. The molecule has 2 aromatic heterocycles. The van der Waals surface area contributed by atoms with Crippen molar-refractivity contribution in [3.63, 3.8) is 0 Å². The summed E-state index contributed by atoms with van der Waals surface area (Å²) in [5, 5.41) is 13.6. The lowest BCUT2D eigenvalue weighted by Gasteiger charge is -2.35. The van der Waals surface area contributed by atoms with Crippen molar-refractivity contribution in [2.24, 2.45) is 0 Å². The molecule has 3 rings (SSSR count). The minimum Gasteiger partial charge on any atom is -0.395 e. The average Bonchev–Trinajstić information content (AvgIpc) is 2.87. The van der Waals surface area contributed by atoms with Crippen LogP contribution in [0.1, 0.15) is 0 Å². The highest BCUT2D eigenvalue weighted by Gasteiger charge is 2.20. The first-order chi connectivity index (χ1) is 9.28. The second-order valence-electron chi connectivity index (χ2n) is 4.46. The molecule has 0 bridgehead atoms. The fourth-order valence-corrected chi connectivity index (χ4v) is 2.51. The first-order valence-electron chi connectivity index (χ1n) is 6.22. The maximum absolute atomic E-state index is 8.95. The summed E-state index contributed by atoms with van der Waals surface area (Å²) in [7, 11) is 0. The second-order valence-corrected chi connectivity index (χ2v) is 4.85. The third-order valence-electron chi connectivity index (χ3n) is 3.31. The maximum atomic E-state index is 8.95. The molecule has 19 heavy (non-hydrogen) atoms. The van der Waals surface area contributed by atoms with Gasteiger partial charge in [-0.25, -0.2) is 0 Å². The van der Waals surface area contributed by atoms with Crippen molar-refractivity contribution in [2.45, 2.75) is 0 Å². The van der Waals surface area contributed by atoms with Crippen LogP contribution in [0.2, 0.25) is 5.15 Å². The second kappa shape index (κ2) is 5.28. The smallest absolute Gasteiger partial charge is 0.255 e. The van der Waals surface area contributed by atoms with Gasteiger partial charge in [0, 0.05) is 38.8 Å². The molecule has 0 atom stereocenters. The monoisotopic (exact) mass is 282 g/mol. The van der Waals surface area contributed by atoms with Gasteiger partial charge in [0.1, 0.15) is 17.3 Å². The summed E-state index contributed by atoms with van der Waals surface area (Å²) in [6, 6.07) is 1.81. The quantitative estimate of drug-likeness (QED) is 0.793. The van der Waals surface area contributed by atoms with Crippen LogP contribution in [0.4, 0.5) is 5.82 Å². The van der Waals surface area contributed by atoms with Gasteiger partial charge in [-0.05, 0) is 0 Å². The third kappa shape index (κ3) is 2.49. The van der Waals surface area contributed by atoms with Crippen LogP contribution < -0.4 is 4.90 Å². The lowest BCUT2D eigenvalue weighted by Crippen LogP contribution is -2.47. The summed E-state index contributed by atoms with van der Waals surface area (Å²) >= 11 is 6.02. The van der Waals surface area contributed by atoms with E-state index in [-0.39, 0.29) is 6.61 Å². The molecule has 1 aliphatic heterocycles. The number of nitrogens with zero attached hydrogens (tertiary/aromatic N) is 6. The van der Waals surface area contributed by atoms with Crippen molar-refractivity contribution in [3.05, 3.63) is 17.5 Å². The van der Waals surface area contributed by atoms with Gasteiger partial charge >= 0.3 is 0 Å². The predicted octanol–water partition coefficient (Wildman–Crippen LogP) is -0.108. The number of aliphatic hydroxyl groups is 1. The Labute approximate surface area is 115 Å². The highest BCUT2D eigenvalue weighted by atomic mass is 35.5. The standard InChI is InChI=1S/C11H15ClN6O/c12-9-7-10(18-11(15-9)13-8-14-18)17-3-1-16(2-4-17)5-6-19/h7-8,19H,1-6H2. The number of hydrogen-bond donors (Lipinski definition) is 1. The molecule has 0 unspecified atom stereocenters. The van der Waals surface area contributed by atoms with E-state index in [1.54, 1.807) is 4.52 Å². The van der Waals surface area contributed by atoms with E-state index in [2.05, 4.69) is 24.9 Å². The molecule has 2 aromatic rings. The van der Waals surface area contributed by atoms with Crippen molar-refractivity contribution in [1.82, 2.24) is 24.5 Å². The van der Waals surface area contributed by atoms with Crippen molar-refractivity contribution in [3.8, 4) is 0 Å². The number of piperazine rings is 1. The van der Waals surface area contributed by atoms with Gasteiger partial charge in [0.2, 0.25) is 0 Å². The summed E-state index contributed by atoms with van der Waals surface area (Å²) in [6.07, 6.45) is 1.48. The summed E-state index contributed by atoms with van der Waals surface area (Å²) in [6.45, 7) is 4.50. The molecule has 0 spiro atoms. The molecule has 1 aliphatic rings. The molecule has 0 saturated carbocycles. The molecule has 3 heterocycles. The topological polar surface area (TPSA) is 69.8 Å². The van der Waals surface area contributed by atoms with Crippen LogP contribution in [0.15, 0.2) is 12.4 Å². The van der Waals surface area contributed by atoms with Gasteiger partial charge in [-0.2, -0.15) is 19.6 Å². The van der Waals surface area contributed by atoms with Crippen LogP contribution in [0.3, 0.4) is 0 Å². The van der Waals surface area contributed by atoms with Gasteiger partial charge in [0.15, 0.2) is 0 Å². The minimum absolute atomic E-state index is 0.203. The van der Waals surface area contributed by atoms with E-state index in [1.807, 2.05) is 6.07 Å². The van der Waals surface area contributed by atoms with Crippen molar-refractivity contribution < 1.29 is 5.11 Å². The normalized spacial score (nSPS) is 17.3. The molecule has 1 saturated heterocycles. The summed E-state index contributed by atoms with van der Waals surface area (Å²) in [5.41, 5.74) is 0. The Hall–Kier alpha value is -1.44. The zero-order valence-corrected chi connectivity index (χ0v) is 11.2. The zero-order valence-electron chi connectivity index (χ0n) is 10.4. The zero-order chi connectivity index (χ0) is 13.2. The van der Waals surface area contributed by atoms with Crippen LogP contribution >= 0.6 is 11.6 Å². The Bertz CT molecular complexity index is 565. The lowest BCUT2D eigenvalue weighted by molar-refractivity contribution is 0.188. The number of fused-ring (bicyclic) bond motifs is 1. The van der Waals surface area contributed by atoms with Gasteiger partial charge in [-0.1, -0.05) is 11.6 Å². The van der Waals surface area contributed by atoms with Crippen LogP contribution in [0, 0.1) is 0 Å². The third-order valence-corrected chi connectivity index (χ3v) is 3.51. The summed E-state index contributed by atoms with van der Waals surface area (Å²) in [4.78, 5) is 12.6. The fraction of sp³-hybridized carbons (Fsp3) is 0.545. The molecule has 0 aromatic carbocycles. The molecule has 0 amide bonds. The molecule has 1 N–H and O–H groups in total. The number of hydrogen-bond acceptors (Lipinski definition) is 6. The number of rotatable bonds is 3. The summed E-state index contributed by atoms with van der Waals surface area (Å²) in [5.74, 6) is 1.43. The minimum atomic E-state index is 0.203. The molecule has 1 fully saturated rings. The Balaban J connectivity index is 1.83. The van der Waals surface area contributed by atoms with Gasteiger partial charge in [-0.3, -0.25) is 4.90 Å². The van der Waals surface area contributed by atoms with Crippen molar-refractivity contribution in [1.29, 1.82) is 0 Å². The Kier molecular flexibility index (Phi) is 3.50. The number of aliphatic hydroxyl groups excluding tert-OH is 1. The molecule has 102 valence electrons. The fourth-order valence-electron chi connectivity index (χ4n) is 2.34. The van der Waals surface area contributed by atoms with Crippen LogP contribution in [-0.4, -0.2) is 68.9 Å². The lowest BCUT2D eigenvalue weighted by atomic mass is 10.3. The van der Waals surface area contributed by atoms with E-state index in [9.17, 15) is 0 Å². The number of halogens is 1. The first-order valence-corrected chi connectivity index (χ1v) is 6.60. The van der Waals surface area contributed by atoms with Crippen LogP contribution in [-0.2, 0) is 0 Å². The van der Waals surface area contributed by atoms with Gasteiger partial charge < -0.3 is 10.0 Å². The molecular weight excluding hydrogens is 268 g/mol. The van der Waals surface area contributed by atoms with Gasteiger partial charge in [0.05, 0.1) is 6.61 Å². The molecule has 0 radical (unpaired) electrons. The van der Waals surface area contributed by atoms with Crippen molar-refractivity contribution >= 4 is 23.2 Å². The van der Waals surface area contributed by atoms with Gasteiger partial charge in [0.25, 0.3) is 5.78 Å². The first kappa shape index (κ1) is 12.6. The van der Waals surface area contributed by atoms with E-state index in [0.717, 1.165) is 38.5 Å². The van der Waals surface area contributed by atoms with E-state index >= 15 is 0 Å². The van der Waals surface area contributed by atoms with E-state index in [0.29, 0.717) is 10.9 Å². The van der Waals surface area contributed by atoms with E-state index in [4.69, 9.17) is 16.7 Å².